The van der Waals surface area contributed by atoms with Crippen LogP contribution in [0.2, 0.25) is 0 Å². The Morgan fingerprint density at radius 1 is 0.886 bits per heavy atom. The Bertz CT molecular complexity index is 1040. The molecule has 1 N–H and O–H groups in total. The average molecular weight is 495 g/mol. The van der Waals surface area contributed by atoms with Crippen LogP contribution in [-0.4, -0.2) is 24.5 Å². The fourth-order valence-electron chi connectivity index (χ4n) is 4.11. The molecule has 1 atom stereocenters. The van der Waals surface area contributed by atoms with Crippen LogP contribution in [0, 0.1) is 5.41 Å². The van der Waals surface area contributed by atoms with Crippen LogP contribution in [0.3, 0.4) is 0 Å². The Kier molecular flexibility index (Phi) is 9.17. The summed E-state index contributed by atoms with van der Waals surface area (Å²) >= 11 is 0. The molecule has 0 aromatic heterocycles. The number of hydrogen-bond donors (Lipinski definition) is 1. The zero-order valence-electron chi connectivity index (χ0n) is 20.6. The van der Waals surface area contributed by atoms with E-state index in [0.717, 1.165) is 24.0 Å². The zero-order valence-corrected chi connectivity index (χ0v) is 21.5. The number of benzene rings is 3. The Morgan fingerprint density at radius 3 is 2.09 bits per heavy atom. The van der Waals surface area contributed by atoms with E-state index in [1.165, 1.54) is 0 Å². The van der Waals surface area contributed by atoms with Gasteiger partial charge in [-0.2, -0.15) is 0 Å². The molecule has 1 heterocycles. The summed E-state index contributed by atoms with van der Waals surface area (Å²) < 4.78 is 24.3. The van der Waals surface area contributed by atoms with Gasteiger partial charge in [0.15, 0.2) is 8.38 Å². The van der Waals surface area contributed by atoms with E-state index in [1.807, 2.05) is 78.9 Å². The summed E-state index contributed by atoms with van der Waals surface area (Å²) in [6.07, 6.45) is 1.82. The molecule has 0 spiro atoms. The monoisotopic (exact) mass is 494 g/mol. The van der Waals surface area contributed by atoms with E-state index in [9.17, 15) is 5.11 Å². The maximum atomic E-state index is 11.1. The van der Waals surface area contributed by atoms with Gasteiger partial charge in [0.25, 0.3) is 0 Å². The van der Waals surface area contributed by atoms with E-state index in [2.05, 4.69) is 13.8 Å². The maximum absolute atomic E-state index is 11.1. The topological polar surface area (TPSA) is 57.2 Å². The number of aliphatic hydroxyl groups excluding tert-OH is 1. The molecule has 1 aliphatic heterocycles. The Labute approximate surface area is 209 Å². The molecule has 1 aliphatic rings. The zero-order chi connectivity index (χ0) is 24.5. The lowest BCUT2D eigenvalue weighted by atomic mass is 9.88. The molecule has 1 unspecified atom stereocenters. The molecule has 3 aromatic carbocycles. The average Bonchev–Trinajstić information content (AvgIpc) is 2.89. The summed E-state index contributed by atoms with van der Waals surface area (Å²) in [5.74, 6) is 1.30. The maximum Gasteiger partial charge on any atom is 0.173 e. The van der Waals surface area contributed by atoms with E-state index in [1.54, 1.807) is 0 Å². The van der Waals surface area contributed by atoms with Crippen molar-refractivity contribution in [3.63, 3.8) is 0 Å². The van der Waals surface area contributed by atoms with E-state index < -0.39 is 14.5 Å². The van der Waals surface area contributed by atoms with Crippen molar-refractivity contribution in [1.82, 2.24) is 0 Å². The third kappa shape index (κ3) is 7.52. The van der Waals surface area contributed by atoms with Crippen molar-refractivity contribution in [2.45, 2.75) is 46.0 Å². The number of aliphatic hydroxyl groups is 1. The lowest BCUT2D eigenvalue weighted by molar-refractivity contribution is 0.0378. The van der Waals surface area contributed by atoms with Gasteiger partial charge in [-0.3, -0.25) is 0 Å². The second-order valence-corrected chi connectivity index (χ2v) is 10.9. The summed E-state index contributed by atoms with van der Waals surface area (Å²) in [5.41, 5.74) is 2.92. The highest BCUT2D eigenvalue weighted by Crippen LogP contribution is 2.50. The molecule has 4 rings (SSSR count). The van der Waals surface area contributed by atoms with Crippen molar-refractivity contribution < 1.29 is 23.6 Å². The van der Waals surface area contributed by atoms with Gasteiger partial charge in [-0.25, -0.2) is 0 Å². The van der Waals surface area contributed by atoms with Crippen molar-refractivity contribution in [3.8, 4) is 11.5 Å². The van der Waals surface area contributed by atoms with Crippen LogP contribution < -0.4 is 9.47 Å². The summed E-state index contributed by atoms with van der Waals surface area (Å²) in [4.78, 5) is 0. The van der Waals surface area contributed by atoms with Gasteiger partial charge in [-0.05, 0) is 29.7 Å². The van der Waals surface area contributed by atoms with Gasteiger partial charge >= 0.3 is 0 Å². The van der Waals surface area contributed by atoms with Crippen LogP contribution in [0.5, 0.6) is 11.5 Å². The van der Waals surface area contributed by atoms with Crippen LogP contribution in [-0.2, 0) is 22.3 Å². The standard InChI is InChI=1S/C29H35O5P/c1-3-16-29(2)21-33-35(34-22-29)20-27(30)26-15-14-25(31-18-23-10-6-4-7-11-23)17-28(26)32-19-24-12-8-5-9-13-24/h4-15,17,27,30H,3,16,18-22H2,1-2H3. The minimum Gasteiger partial charge on any atom is -0.489 e. The number of rotatable bonds is 11. The van der Waals surface area contributed by atoms with Crippen molar-refractivity contribution >= 4 is 8.38 Å². The summed E-state index contributed by atoms with van der Waals surface area (Å²) in [7, 11) is -1.15. The molecule has 35 heavy (non-hydrogen) atoms. The molecule has 0 radical (unpaired) electrons. The van der Waals surface area contributed by atoms with E-state index in [4.69, 9.17) is 18.5 Å². The third-order valence-corrected chi connectivity index (χ3v) is 7.60. The molecule has 3 aromatic rings. The first-order valence-electron chi connectivity index (χ1n) is 12.2. The van der Waals surface area contributed by atoms with Crippen LogP contribution in [0.25, 0.3) is 0 Å². The molecular formula is C29H35O5P. The minimum atomic E-state index is -1.15. The first-order chi connectivity index (χ1) is 17.0. The predicted molar refractivity (Wildman–Crippen MR) is 140 cm³/mol. The van der Waals surface area contributed by atoms with E-state index >= 15 is 0 Å². The van der Waals surface area contributed by atoms with E-state index in [0.29, 0.717) is 49.7 Å². The second kappa shape index (κ2) is 12.5. The minimum absolute atomic E-state index is 0.0558. The van der Waals surface area contributed by atoms with Crippen molar-refractivity contribution in [2.75, 3.05) is 19.4 Å². The highest BCUT2D eigenvalue weighted by molar-refractivity contribution is 7.47. The first-order valence-corrected chi connectivity index (χ1v) is 13.6. The number of hydrogen-bond acceptors (Lipinski definition) is 5. The largest absolute Gasteiger partial charge is 0.489 e. The smallest absolute Gasteiger partial charge is 0.173 e. The molecular weight excluding hydrogens is 459 g/mol. The fourth-order valence-corrected chi connectivity index (χ4v) is 5.78. The van der Waals surface area contributed by atoms with Gasteiger partial charge in [0, 0.05) is 23.2 Å². The van der Waals surface area contributed by atoms with Crippen molar-refractivity contribution in [3.05, 3.63) is 95.6 Å². The Hall–Kier alpha value is -2.43. The van der Waals surface area contributed by atoms with Crippen LogP contribution in [0.1, 0.15) is 49.5 Å². The first kappa shape index (κ1) is 25.7. The Morgan fingerprint density at radius 2 is 1.49 bits per heavy atom. The number of ether oxygens (including phenoxy) is 2. The van der Waals surface area contributed by atoms with Crippen molar-refractivity contribution in [2.24, 2.45) is 5.41 Å². The third-order valence-electron chi connectivity index (χ3n) is 6.12. The van der Waals surface area contributed by atoms with Crippen LogP contribution in [0.4, 0.5) is 0 Å². The van der Waals surface area contributed by atoms with Gasteiger partial charge in [-0.1, -0.05) is 80.9 Å². The SMILES string of the molecule is CCCC1(C)COP(CC(O)c2ccc(OCc3ccccc3)cc2OCc2ccccc2)OC1. The van der Waals surface area contributed by atoms with Gasteiger partial charge in [0.05, 0.1) is 19.3 Å². The van der Waals surface area contributed by atoms with Crippen LogP contribution >= 0.6 is 8.38 Å². The van der Waals surface area contributed by atoms with Gasteiger partial charge in [0.2, 0.25) is 0 Å². The normalized spacial score (nSPS) is 20.8. The molecule has 0 amide bonds. The molecule has 6 heteroatoms. The molecule has 0 bridgehead atoms. The summed E-state index contributed by atoms with van der Waals surface area (Å²) in [6.45, 7) is 6.58. The molecule has 186 valence electrons. The highest BCUT2D eigenvalue weighted by Gasteiger charge is 2.34. The van der Waals surface area contributed by atoms with Gasteiger partial charge in [-0.15, -0.1) is 0 Å². The lowest BCUT2D eigenvalue weighted by Gasteiger charge is -2.37. The molecule has 5 nitrogen and oxygen atoms in total. The summed E-state index contributed by atoms with van der Waals surface area (Å²) in [5, 5.41) is 11.1. The van der Waals surface area contributed by atoms with Gasteiger partial charge in [0.1, 0.15) is 24.7 Å². The van der Waals surface area contributed by atoms with Gasteiger partial charge < -0.3 is 23.6 Å². The molecule has 1 saturated heterocycles. The fraction of sp³-hybridized carbons (Fsp3) is 0.379. The highest BCUT2D eigenvalue weighted by atomic mass is 31.2. The summed E-state index contributed by atoms with van der Waals surface area (Å²) in [6, 6.07) is 25.7. The van der Waals surface area contributed by atoms with Crippen molar-refractivity contribution in [1.29, 1.82) is 0 Å². The second-order valence-electron chi connectivity index (χ2n) is 9.39. The van der Waals surface area contributed by atoms with E-state index in [-0.39, 0.29) is 5.41 Å². The molecule has 1 fully saturated rings. The quantitative estimate of drug-likeness (QED) is 0.290. The predicted octanol–water partition coefficient (Wildman–Crippen LogP) is 7.04. The lowest BCUT2D eigenvalue weighted by Crippen LogP contribution is -2.32. The van der Waals surface area contributed by atoms with Crippen LogP contribution in [0.15, 0.2) is 78.9 Å². The Balaban J connectivity index is 1.45. The molecule has 0 aliphatic carbocycles. The molecule has 0 saturated carbocycles.